The molecule has 0 saturated heterocycles. The maximum Gasteiger partial charge on any atom is -0.0154 e. The first-order chi connectivity index (χ1) is 15.1. The van der Waals surface area contributed by atoms with Crippen LogP contribution < -0.4 is 0 Å². The Morgan fingerprint density at radius 1 is 0.677 bits per heavy atom. The van der Waals surface area contributed by atoms with E-state index in [1.54, 1.807) is 17.5 Å². The third-order valence-electron chi connectivity index (χ3n) is 10.8. The van der Waals surface area contributed by atoms with Gasteiger partial charge in [-0.1, -0.05) is 68.3 Å². The van der Waals surface area contributed by atoms with Gasteiger partial charge in [0.2, 0.25) is 0 Å². The first-order valence-electron chi connectivity index (χ1n) is 13.2. The van der Waals surface area contributed by atoms with E-state index >= 15 is 0 Å². The number of benzene rings is 2. The van der Waals surface area contributed by atoms with Gasteiger partial charge in [0.05, 0.1) is 0 Å². The predicted molar refractivity (Wildman–Crippen MR) is 130 cm³/mol. The molecule has 6 rings (SSSR count). The van der Waals surface area contributed by atoms with Gasteiger partial charge in [-0.2, -0.15) is 0 Å². The summed E-state index contributed by atoms with van der Waals surface area (Å²) in [7, 11) is 0. The van der Waals surface area contributed by atoms with Crippen molar-refractivity contribution in [3.63, 3.8) is 0 Å². The van der Waals surface area contributed by atoms with Crippen molar-refractivity contribution >= 4 is 0 Å². The molecule has 1 spiro atoms. The molecule has 0 aliphatic heterocycles. The van der Waals surface area contributed by atoms with Crippen LogP contribution in [0.1, 0.15) is 92.4 Å². The first-order valence-corrected chi connectivity index (χ1v) is 13.2. The van der Waals surface area contributed by atoms with E-state index in [4.69, 9.17) is 0 Å². The molecule has 0 N–H and O–H groups in total. The van der Waals surface area contributed by atoms with Gasteiger partial charge in [-0.15, -0.1) is 0 Å². The topological polar surface area (TPSA) is 0 Å². The molecule has 0 nitrogen and oxygen atoms in total. The summed E-state index contributed by atoms with van der Waals surface area (Å²) in [6, 6.07) is 18.6. The fraction of sp³-hybridized carbons (Fsp3) is 0.613. The average Bonchev–Trinajstić information content (AvgIpc) is 3.34. The quantitative estimate of drug-likeness (QED) is 0.464. The lowest BCUT2D eigenvalue weighted by atomic mass is 9.45. The van der Waals surface area contributed by atoms with Gasteiger partial charge in [0.25, 0.3) is 0 Å². The number of hydrogen-bond acceptors (Lipinski definition) is 0. The van der Waals surface area contributed by atoms with E-state index in [2.05, 4.69) is 69.3 Å². The molecule has 164 valence electrons. The Labute approximate surface area is 189 Å². The van der Waals surface area contributed by atoms with Gasteiger partial charge in [0.15, 0.2) is 0 Å². The highest BCUT2D eigenvalue weighted by atomic mass is 14.7. The molecule has 2 aromatic rings. The molecule has 4 aliphatic rings. The van der Waals surface area contributed by atoms with E-state index in [9.17, 15) is 0 Å². The van der Waals surface area contributed by atoms with Crippen molar-refractivity contribution in [3.05, 3.63) is 70.8 Å². The molecule has 0 aromatic heterocycles. The van der Waals surface area contributed by atoms with Gasteiger partial charge in [0, 0.05) is 0 Å². The zero-order chi connectivity index (χ0) is 21.2. The lowest BCUT2D eigenvalue weighted by molar-refractivity contribution is -0.0888. The number of fused-ring (bicyclic) bond motifs is 1. The number of hydrogen-bond donors (Lipinski definition) is 0. The van der Waals surface area contributed by atoms with Crippen molar-refractivity contribution in [1.82, 2.24) is 0 Å². The van der Waals surface area contributed by atoms with E-state index in [0.717, 1.165) is 41.4 Å². The van der Waals surface area contributed by atoms with Crippen molar-refractivity contribution in [3.8, 4) is 0 Å². The van der Waals surface area contributed by atoms with E-state index in [1.807, 2.05) is 0 Å². The van der Waals surface area contributed by atoms with Crippen molar-refractivity contribution in [2.75, 3.05) is 0 Å². The highest BCUT2D eigenvalue weighted by molar-refractivity contribution is 5.33. The largest absolute Gasteiger partial charge is 0.0620 e. The smallest absolute Gasteiger partial charge is 0.0154 e. The predicted octanol–water partition coefficient (Wildman–Crippen LogP) is 8.43. The minimum atomic E-state index is 0.652. The molecule has 0 amide bonds. The lowest BCUT2D eigenvalue weighted by Gasteiger charge is -2.60. The SMILES string of the molecule is Cc1ccccc1C1C[C@@H]2CC(c3ccccc3C)C[C@H](C)[C@]23C2CCCC2C[C@@H]3C1. The molecule has 2 aromatic carbocycles. The zero-order valence-corrected chi connectivity index (χ0v) is 19.8. The van der Waals surface area contributed by atoms with Crippen LogP contribution in [0.5, 0.6) is 0 Å². The van der Waals surface area contributed by atoms with Crippen molar-refractivity contribution in [2.24, 2.45) is 35.0 Å². The molecular weight excluding hydrogens is 372 g/mol. The molecule has 8 atom stereocenters. The van der Waals surface area contributed by atoms with Crippen LogP contribution in [0, 0.1) is 48.9 Å². The summed E-state index contributed by atoms with van der Waals surface area (Å²) in [5.74, 6) is 6.39. The molecular formula is C31H40. The van der Waals surface area contributed by atoms with Gasteiger partial charge in [-0.25, -0.2) is 0 Å². The summed E-state index contributed by atoms with van der Waals surface area (Å²) in [6.07, 6.45) is 11.9. The molecule has 0 bridgehead atoms. The second-order valence-corrected chi connectivity index (χ2v) is 11.9. The Kier molecular flexibility index (Phi) is 4.86. The Morgan fingerprint density at radius 2 is 1.23 bits per heavy atom. The first kappa shape index (κ1) is 20.1. The van der Waals surface area contributed by atoms with E-state index in [1.165, 1.54) is 56.1 Å². The zero-order valence-electron chi connectivity index (χ0n) is 19.8. The summed E-state index contributed by atoms with van der Waals surface area (Å²) < 4.78 is 0. The Balaban J connectivity index is 1.40. The van der Waals surface area contributed by atoms with E-state index < -0.39 is 0 Å². The van der Waals surface area contributed by atoms with Crippen LogP contribution in [0.2, 0.25) is 0 Å². The van der Waals surface area contributed by atoms with Gasteiger partial charge in [0.1, 0.15) is 0 Å². The minimum absolute atomic E-state index is 0.652. The third-order valence-corrected chi connectivity index (χ3v) is 10.8. The Bertz CT molecular complexity index is 954. The Hall–Kier alpha value is -1.56. The van der Waals surface area contributed by atoms with Crippen LogP contribution in [-0.4, -0.2) is 0 Å². The van der Waals surface area contributed by atoms with Gasteiger partial charge in [-0.3, -0.25) is 0 Å². The summed E-state index contributed by atoms with van der Waals surface area (Å²) >= 11 is 0. The highest BCUT2D eigenvalue weighted by Gasteiger charge is 2.65. The molecule has 4 unspecified atom stereocenters. The molecule has 4 fully saturated rings. The normalized spacial score (nSPS) is 41.5. The van der Waals surface area contributed by atoms with Crippen LogP contribution in [0.25, 0.3) is 0 Å². The summed E-state index contributed by atoms with van der Waals surface area (Å²) in [6.45, 7) is 7.37. The molecule has 0 radical (unpaired) electrons. The van der Waals surface area contributed by atoms with Gasteiger partial charge >= 0.3 is 0 Å². The molecule has 0 heteroatoms. The maximum absolute atomic E-state index is 2.68. The van der Waals surface area contributed by atoms with Crippen LogP contribution in [0.4, 0.5) is 0 Å². The highest BCUT2D eigenvalue weighted by Crippen LogP contribution is 2.73. The van der Waals surface area contributed by atoms with Crippen molar-refractivity contribution in [2.45, 2.75) is 84.0 Å². The summed E-state index contributed by atoms with van der Waals surface area (Å²) in [4.78, 5) is 0. The standard InChI is InChI=1S/C31H40/c1-20-9-4-6-12-28(20)24-15-22(3)31-26(16-23-11-8-14-30(23)31)18-25(19-27(31)17-24)29-13-7-5-10-21(29)2/h4-7,9-10,12-13,22-27,30H,8,11,14-19H2,1-3H3/t22-,23?,24?,25?,26+,27-,30?,31+/m0/s1. The minimum Gasteiger partial charge on any atom is -0.0620 e. The Morgan fingerprint density at radius 3 is 1.84 bits per heavy atom. The van der Waals surface area contributed by atoms with Crippen LogP contribution >= 0.6 is 0 Å². The average molecular weight is 413 g/mol. The molecule has 4 aliphatic carbocycles. The summed E-state index contributed by atoms with van der Waals surface area (Å²) in [5.41, 5.74) is 7.01. The van der Waals surface area contributed by atoms with Crippen molar-refractivity contribution in [1.29, 1.82) is 0 Å². The van der Waals surface area contributed by atoms with Gasteiger partial charge in [-0.05, 0) is 121 Å². The monoisotopic (exact) mass is 412 g/mol. The summed E-state index contributed by atoms with van der Waals surface area (Å²) in [5, 5.41) is 0. The van der Waals surface area contributed by atoms with Crippen LogP contribution in [0.15, 0.2) is 48.5 Å². The fourth-order valence-corrected chi connectivity index (χ4v) is 9.91. The van der Waals surface area contributed by atoms with Crippen LogP contribution in [-0.2, 0) is 0 Å². The van der Waals surface area contributed by atoms with Gasteiger partial charge < -0.3 is 0 Å². The molecule has 4 saturated carbocycles. The second kappa shape index (κ2) is 7.50. The van der Waals surface area contributed by atoms with E-state index in [0.29, 0.717) is 5.41 Å². The third kappa shape index (κ3) is 2.93. The molecule has 31 heavy (non-hydrogen) atoms. The second-order valence-electron chi connectivity index (χ2n) is 11.9. The van der Waals surface area contributed by atoms with Crippen molar-refractivity contribution < 1.29 is 0 Å². The molecule has 0 heterocycles. The lowest BCUT2D eigenvalue weighted by Crippen LogP contribution is -2.52. The number of aryl methyl sites for hydroxylation is 2. The van der Waals surface area contributed by atoms with E-state index in [-0.39, 0.29) is 0 Å². The number of rotatable bonds is 2. The van der Waals surface area contributed by atoms with Crippen LogP contribution in [0.3, 0.4) is 0 Å². The fourth-order valence-electron chi connectivity index (χ4n) is 9.91. The maximum atomic E-state index is 2.68.